The van der Waals surface area contributed by atoms with Crippen LogP contribution in [-0.4, -0.2) is 13.0 Å². The second-order valence-electron chi connectivity index (χ2n) is 6.97. The summed E-state index contributed by atoms with van der Waals surface area (Å²) in [6.07, 6.45) is 0. The van der Waals surface area contributed by atoms with Crippen LogP contribution in [0.3, 0.4) is 0 Å². The number of nitrogens with zero attached hydrogens (tertiary/aromatic N) is 2. The Morgan fingerprint density at radius 1 is 1.25 bits per heavy atom. The van der Waals surface area contributed by atoms with Crippen LogP contribution >= 0.6 is 11.3 Å². The highest BCUT2D eigenvalue weighted by molar-refractivity contribution is 7.90. The maximum atomic E-state index is 12.6. The molecule has 0 aliphatic rings. The molecule has 0 N–H and O–H groups in total. The number of benzene rings is 1. The summed E-state index contributed by atoms with van der Waals surface area (Å²) < 4.78 is 31.3. The third-order valence-corrected chi connectivity index (χ3v) is 6.51. The number of thiazole rings is 1. The molecule has 2 aromatic rings. The minimum atomic E-state index is -3.74. The lowest BCUT2D eigenvalue weighted by molar-refractivity contribution is 0.587. The van der Waals surface area contributed by atoms with E-state index in [2.05, 4.69) is 31.7 Å². The third kappa shape index (κ3) is 4.05. The van der Waals surface area contributed by atoms with Gasteiger partial charge in [-0.2, -0.15) is 8.42 Å². The largest absolute Gasteiger partial charge is 0.316 e. The van der Waals surface area contributed by atoms with Crippen LogP contribution in [0.5, 0.6) is 0 Å². The van der Waals surface area contributed by atoms with E-state index >= 15 is 0 Å². The Kier molecular flexibility index (Phi) is 5.20. The SMILES string of the molecule is C=C(C)Cn1c(C)c(C(C)(C)C)s/c1=N\S(=O)(=O)c1ccccc1. The monoisotopic (exact) mass is 364 g/mol. The van der Waals surface area contributed by atoms with Gasteiger partial charge in [-0.05, 0) is 31.4 Å². The molecule has 2 rings (SSSR count). The van der Waals surface area contributed by atoms with Crippen molar-refractivity contribution in [2.45, 2.75) is 51.5 Å². The number of aromatic nitrogens is 1. The van der Waals surface area contributed by atoms with E-state index in [0.29, 0.717) is 11.3 Å². The van der Waals surface area contributed by atoms with Crippen LogP contribution in [0.4, 0.5) is 0 Å². The first-order valence-corrected chi connectivity index (χ1v) is 9.99. The van der Waals surface area contributed by atoms with Crippen LogP contribution in [0, 0.1) is 6.92 Å². The van der Waals surface area contributed by atoms with Gasteiger partial charge in [-0.3, -0.25) is 0 Å². The van der Waals surface area contributed by atoms with Crippen molar-refractivity contribution in [1.82, 2.24) is 4.57 Å². The van der Waals surface area contributed by atoms with Crippen LogP contribution in [-0.2, 0) is 22.0 Å². The van der Waals surface area contributed by atoms with Crippen LogP contribution in [0.2, 0.25) is 0 Å². The molecule has 0 fully saturated rings. The first-order chi connectivity index (χ1) is 11.0. The Bertz CT molecular complexity index is 912. The molecule has 6 heteroatoms. The maximum absolute atomic E-state index is 12.6. The lowest BCUT2D eigenvalue weighted by Gasteiger charge is -2.17. The standard InChI is InChI=1S/C18H24N2O2S2/c1-13(2)12-20-14(3)16(18(4,5)6)23-17(20)19-24(21,22)15-10-8-7-9-11-15/h7-11H,1,12H2,2-6H3/b19-17-. The third-order valence-electron chi connectivity index (χ3n) is 3.51. The van der Waals surface area contributed by atoms with Crippen LogP contribution in [0.1, 0.15) is 38.3 Å². The van der Waals surface area contributed by atoms with Gasteiger partial charge in [-0.15, -0.1) is 15.7 Å². The number of allylic oxidation sites excluding steroid dienone is 1. The number of sulfonamides is 1. The molecule has 0 aliphatic heterocycles. The molecule has 1 aromatic heterocycles. The molecule has 0 atom stereocenters. The lowest BCUT2D eigenvalue weighted by atomic mass is 9.93. The van der Waals surface area contributed by atoms with E-state index in [-0.39, 0.29) is 10.3 Å². The molecule has 0 spiro atoms. The van der Waals surface area contributed by atoms with Crippen molar-refractivity contribution >= 4 is 21.4 Å². The normalized spacial score (nSPS) is 13.3. The van der Waals surface area contributed by atoms with Gasteiger partial charge in [-0.1, -0.05) is 51.1 Å². The van der Waals surface area contributed by atoms with E-state index in [1.165, 1.54) is 11.3 Å². The molecule has 130 valence electrons. The fraction of sp³-hybridized carbons (Fsp3) is 0.389. The van der Waals surface area contributed by atoms with Crippen LogP contribution in [0.15, 0.2) is 51.8 Å². The minimum Gasteiger partial charge on any atom is -0.316 e. The van der Waals surface area contributed by atoms with Crippen LogP contribution < -0.4 is 4.80 Å². The van der Waals surface area contributed by atoms with E-state index < -0.39 is 10.0 Å². The molecule has 1 heterocycles. The number of hydrogen-bond donors (Lipinski definition) is 0. The molecule has 4 nitrogen and oxygen atoms in total. The van der Waals surface area contributed by atoms with Crippen LogP contribution in [0.25, 0.3) is 0 Å². The van der Waals surface area contributed by atoms with Crippen molar-refractivity contribution in [3.05, 3.63) is 57.9 Å². The highest BCUT2D eigenvalue weighted by Gasteiger charge is 2.23. The van der Waals surface area contributed by atoms with Gasteiger partial charge in [0, 0.05) is 17.1 Å². The van der Waals surface area contributed by atoms with Crippen molar-refractivity contribution < 1.29 is 8.42 Å². The number of hydrogen-bond acceptors (Lipinski definition) is 3. The van der Waals surface area contributed by atoms with Gasteiger partial charge in [-0.25, -0.2) is 0 Å². The molecular formula is C18H24N2O2S2. The molecule has 1 aromatic carbocycles. The van der Waals surface area contributed by atoms with E-state index in [9.17, 15) is 8.42 Å². The Hall–Kier alpha value is -1.66. The summed E-state index contributed by atoms with van der Waals surface area (Å²) in [6.45, 7) is 14.8. The van der Waals surface area contributed by atoms with Crippen molar-refractivity contribution in [1.29, 1.82) is 0 Å². The summed E-state index contributed by atoms with van der Waals surface area (Å²) in [6, 6.07) is 8.31. The van der Waals surface area contributed by atoms with Gasteiger partial charge in [0.2, 0.25) is 4.80 Å². The van der Waals surface area contributed by atoms with Gasteiger partial charge in [0.05, 0.1) is 4.90 Å². The second kappa shape index (κ2) is 6.69. The average molecular weight is 365 g/mol. The Balaban J connectivity index is 2.71. The summed E-state index contributed by atoms with van der Waals surface area (Å²) >= 11 is 1.43. The van der Waals surface area contributed by atoms with Gasteiger partial charge >= 0.3 is 0 Å². The Morgan fingerprint density at radius 2 is 1.83 bits per heavy atom. The Labute approximate surface area is 148 Å². The van der Waals surface area contributed by atoms with Gasteiger partial charge in [0.15, 0.2) is 0 Å². The van der Waals surface area contributed by atoms with Gasteiger partial charge in [0.25, 0.3) is 10.0 Å². The summed E-state index contributed by atoms with van der Waals surface area (Å²) in [5, 5.41) is 0. The minimum absolute atomic E-state index is 0.0736. The highest BCUT2D eigenvalue weighted by Crippen LogP contribution is 2.28. The average Bonchev–Trinajstić information content (AvgIpc) is 2.76. The van der Waals surface area contributed by atoms with Gasteiger partial charge in [0.1, 0.15) is 0 Å². The lowest BCUT2D eigenvalue weighted by Crippen LogP contribution is -2.19. The zero-order valence-electron chi connectivity index (χ0n) is 14.8. The molecule has 0 aliphatic carbocycles. The molecule has 0 radical (unpaired) electrons. The predicted molar refractivity (Wildman–Crippen MR) is 99.8 cm³/mol. The van der Waals surface area contributed by atoms with E-state index in [4.69, 9.17) is 0 Å². The molecular weight excluding hydrogens is 340 g/mol. The van der Waals surface area contributed by atoms with Crippen molar-refractivity contribution in [2.24, 2.45) is 4.40 Å². The second-order valence-corrected chi connectivity index (χ2v) is 9.55. The zero-order chi connectivity index (χ0) is 18.1. The van der Waals surface area contributed by atoms with E-state index in [0.717, 1.165) is 16.1 Å². The van der Waals surface area contributed by atoms with Crippen molar-refractivity contribution in [2.75, 3.05) is 0 Å². The van der Waals surface area contributed by atoms with E-state index in [1.807, 2.05) is 18.4 Å². The van der Waals surface area contributed by atoms with Gasteiger partial charge < -0.3 is 4.57 Å². The highest BCUT2D eigenvalue weighted by atomic mass is 32.2. The fourth-order valence-corrected chi connectivity index (χ4v) is 4.87. The number of rotatable bonds is 4. The Morgan fingerprint density at radius 3 is 2.33 bits per heavy atom. The molecule has 0 bridgehead atoms. The maximum Gasteiger partial charge on any atom is 0.285 e. The summed E-state index contributed by atoms with van der Waals surface area (Å²) in [7, 11) is -3.74. The predicted octanol–water partition coefficient (Wildman–Crippen LogP) is 4.02. The smallest absolute Gasteiger partial charge is 0.285 e. The molecule has 0 unspecified atom stereocenters. The summed E-state index contributed by atoms with van der Waals surface area (Å²) in [4.78, 5) is 1.82. The first kappa shape index (κ1) is 18.7. The topological polar surface area (TPSA) is 51.4 Å². The van der Waals surface area contributed by atoms with Crippen molar-refractivity contribution in [3.8, 4) is 0 Å². The summed E-state index contributed by atoms with van der Waals surface area (Å²) in [5.41, 5.74) is 1.92. The molecule has 0 amide bonds. The quantitative estimate of drug-likeness (QED) is 0.769. The van der Waals surface area contributed by atoms with Crippen molar-refractivity contribution in [3.63, 3.8) is 0 Å². The van der Waals surface area contributed by atoms with E-state index in [1.54, 1.807) is 30.3 Å². The molecule has 0 saturated heterocycles. The zero-order valence-corrected chi connectivity index (χ0v) is 16.5. The molecule has 0 saturated carbocycles. The fourth-order valence-electron chi connectivity index (χ4n) is 2.45. The first-order valence-electron chi connectivity index (χ1n) is 7.73. The molecule has 24 heavy (non-hydrogen) atoms. The summed E-state index contributed by atoms with van der Waals surface area (Å²) in [5.74, 6) is 0.